The van der Waals surface area contributed by atoms with Crippen molar-refractivity contribution in [2.24, 2.45) is 11.3 Å². The number of hydrogen-bond donors (Lipinski definition) is 1. The molecular weight excluding hydrogens is 306 g/mol. The highest BCUT2D eigenvalue weighted by atomic mass is 16.5. The van der Waals surface area contributed by atoms with Gasteiger partial charge in [0.25, 0.3) is 5.89 Å². The van der Waals surface area contributed by atoms with Gasteiger partial charge in [0.15, 0.2) is 5.82 Å². The smallest absolute Gasteiger partial charge is 0.252 e. The van der Waals surface area contributed by atoms with Crippen LogP contribution in [0.2, 0.25) is 0 Å². The Morgan fingerprint density at radius 3 is 2.62 bits per heavy atom. The summed E-state index contributed by atoms with van der Waals surface area (Å²) >= 11 is 0. The van der Waals surface area contributed by atoms with Crippen LogP contribution < -0.4 is 5.32 Å². The average molecular weight is 335 g/mol. The van der Waals surface area contributed by atoms with Gasteiger partial charge in [0.05, 0.1) is 0 Å². The molecule has 1 aliphatic carbocycles. The second-order valence-corrected chi connectivity index (χ2v) is 7.84. The Morgan fingerprint density at radius 2 is 2.00 bits per heavy atom. The lowest BCUT2D eigenvalue weighted by atomic mass is 9.68. The minimum Gasteiger partial charge on any atom is -0.381 e. The molecule has 1 aliphatic heterocycles. The second-order valence-electron chi connectivity index (χ2n) is 7.84. The summed E-state index contributed by atoms with van der Waals surface area (Å²) in [6.07, 6.45) is 6.46. The minimum absolute atomic E-state index is 0.0398. The number of nitrogens with zero attached hydrogens (tertiary/aromatic N) is 2. The van der Waals surface area contributed by atoms with E-state index in [0.717, 1.165) is 25.7 Å². The third-order valence-corrected chi connectivity index (χ3v) is 5.73. The van der Waals surface area contributed by atoms with Crippen LogP contribution in [0.5, 0.6) is 0 Å². The first-order valence-corrected chi connectivity index (χ1v) is 9.20. The Morgan fingerprint density at radius 1 is 1.25 bits per heavy atom. The maximum Gasteiger partial charge on any atom is 0.252 e. The number of hydrogen-bond acceptors (Lipinski definition) is 5. The summed E-state index contributed by atoms with van der Waals surface area (Å²) in [6.45, 7) is 7.59. The van der Waals surface area contributed by atoms with Gasteiger partial charge >= 0.3 is 0 Å². The van der Waals surface area contributed by atoms with Gasteiger partial charge in [-0.15, -0.1) is 0 Å². The van der Waals surface area contributed by atoms with Gasteiger partial charge in [-0.1, -0.05) is 38.8 Å². The van der Waals surface area contributed by atoms with Gasteiger partial charge in [-0.05, 0) is 18.3 Å². The molecular formula is C18H29N3O3. The fourth-order valence-electron chi connectivity index (χ4n) is 4.01. The summed E-state index contributed by atoms with van der Waals surface area (Å²) in [7, 11) is 0. The van der Waals surface area contributed by atoms with Crippen molar-refractivity contribution in [3.8, 4) is 0 Å². The zero-order valence-corrected chi connectivity index (χ0v) is 15.1. The maximum absolute atomic E-state index is 13.1. The van der Waals surface area contributed by atoms with E-state index < -0.39 is 5.54 Å². The molecule has 0 bridgehead atoms. The molecule has 24 heavy (non-hydrogen) atoms. The van der Waals surface area contributed by atoms with Crippen molar-refractivity contribution in [3.63, 3.8) is 0 Å². The van der Waals surface area contributed by atoms with Crippen LogP contribution >= 0.6 is 0 Å². The van der Waals surface area contributed by atoms with Crippen LogP contribution in [0, 0.1) is 11.3 Å². The Balaban J connectivity index is 1.83. The van der Waals surface area contributed by atoms with Gasteiger partial charge < -0.3 is 14.6 Å². The van der Waals surface area contributed by atoms with E-state index in [1.54, 1.807) is 0 Å². The van der Waals surface area contributed by atoms with Gasteiger partial charge in [0.1, 0.15) is 5.54 Å². The number of aryl methyl sites for hydroxylation is 1. The molecule has 1 saturated carbocycles. The lowest BCUT2D eigenvalue weighted by Gasteiger charge is -2.41. The predicted octanol–water partition coefficient (Wildman–Crippen LogP) is 2.97. The number of aromatic nitrogens is 2. The Bertz CT molecular complexity index is 576. The molecule has 1 N–H and O–H groups in total. The van der Waals surface area contributed by atoms with Gasteiger partial charge in [-0.2, -0.15) is 4.98 Å². The van der Waals surface area contributed by atoms with Gasteiger partial charge in [0.2, 0.25) is 5.91 Å². The Hall–Kier alpha value is -1.43. The molecule has 6 nitrogen and oxygen atoms in total. The molecule has 2 fully saturated rings. The topological polar surface area (TPSA) is 77.2 Å². The molecule has 1 aromatic rings. The van der Waals surface area contributed by atoms with Crippen molar-refractivity contribution in [3.05, 3.63) is 11.7 Å². The van der Waals surface area contributed by atoms with E-state index in [2.05, 4.69) is 29.3 Å². The molecule has 1 unspecified atom stereocenters. The van der Waals surface area contributed by atoms with Crippen LogP contribution in [0.3, 0.4) is 0 Å². The highest BCUT2D eigenvalue weighted by Gasteiger charge is 2.45. The highest BCUT2D eigenvalue weighted by molar-refractivity contribution is 5.80. The third kappa shape index (κ3) is 3.34. The van der Waals surface area contributed by atoms with Crippen molar-refractivity contribution in [2.45, 2.75) is 71.3 Å². The summed E-state index contributed by atoms with van der Waals surface area (Å²) < 4.78 is 11.0. The van der Waals surface area contributed by atoms with Crippen molar-refractivity contribution < 1.29 is 14.1 Å². The summed E-state index contributed by atoms with van der Waals surface area (Å²) in [5, 5.41) is 7.32. The molecule has 6 heteroatoms. The Labute approximate surface area is 143 Å². The molecule has 1 atom stereocenters. The number of carbonyl (C=O) groups is 1. The standard InChI is InChI=1S/C18H29N3O3/c1-4-14-19-16(24-21-14)18(9-11-23-12-10-18)20-15(22)13-7-5-6-8-17(13,2)3/h13H,4-12H2,1-3H3,(H,20,22). The van der Waals surface area contributed by atoms with E-state index >= 15 is 0 Å². The fourth-order valence-corrected chi connectivity index (χ4v) is 4.01. The minimum atomic E-state index is -0.580. The van der Waals surface area contributed by atoms with E-state index in [9.17, 15) is 4.79 Å². The van der Waals surface area contributed by atoms with Crippen LogP contribution in [0.1, 0.15) is 71.0 Å². The third-order valence-electron chi connectivity index (χ3n) is 5.73. The van der Waals surface area contributed by atoms with Crippen LogP contribution in [-0.2, 0) is 21.5 Å². The summed E-state index contributed by atoms with van der Waals surface area (Å²) in [6, 6.07) is 0. The monoisotopic (exact) mass is 335 g/mol. The summed E-state index contributed by atoms with van der Waals surface area (Å²) in [5.74, 6) is 1.38. The number of ether oxygens (including phenoxy) is 1. The highest BCUT2D eigenvalue weighted by Crippen LogP contribution is 2.42. The predicted molar refractivity (Wildman–Crippen MR) is 89.3 cm³/mol. The number of carbonyl (C=O) groups excluding carboxylic acids is 1. The quantitative estimate of drug-likeness (QED) is 0.915. The van der Waals surface area contributed by atoms with Crippen molar-refractivity contribution in [2.75, 3.05) is 13.2 Å². The van der Waals surface area contributed by atoms with Crippen molar-refractivity contribution in [1.29, 1.82) is 0 Å². The average Bonchev–Trinajstić information content (AvgIpc) is 3.05. The lowest BCUT2D eigenvalue weighted by molar-refractivity contribution is -0.134. The molecule has 0 aromatic carbocycles. The molecule has 2 aliphatic rings. The second kappa shape index (κ2) is 6.82. The van der Waals surface area contributed by atoms with Crippen LogP contribution in [-0.4, -0.2) is 29.3 Å². The van der Waals surface area contributed by atoms with Crippen LogP contribution in [0.4, 0.5) is 0 Å². The zero-order valence-electron chi connectivity index (χ0n) is 15.1. The molecule has 134 valence electrons. The van der Waals surface area contributed by atoms with E-state index in [0.29, 0.717) is 37.8 Å². The first-order valence-electron chi connectivity index (χ1n) is 9.20. The SMILES string of the molecule is CCc1noc(C2(NC(=O)C3CCCCC3(C)C)CCOCC2)n1. The molecule has 1 saturated heterocycles. The zero-order chi connectivity index (χ0) is 17.2. The van der Waals surface area contributed by atoms with E-state index in [1.165, 1.54) is 6.42 Å². The number of nitrogens with one attached hydrogen (secondary N) is 1. The number of amides is 1. The van der Waals surface area contributed by atoms with Gasteiger partial charge in [-0.3, -0.25) is 4.79 Å². The van der Waals surface area contributed by atoms with Gasteiger partial charge in [0, 0.05) is 38.4 Å². The van der Waals surface area contributed by atoms with Crippen molar-refractivity contribution >= 4 is 5.91 Å². The summed E-state index contributed by atoms with van der Waals surface area (Å²) in [4.78, 5) is 17.6. The van der Waals surface area contributed by atoms with Gasteiger partial charge in [-0.25, -0.2) is 0 Å². The largest absolute Gasteiger partial charge is 0.381 e. The van der Waals surface area contributed by atoms with E-state index in [1.807, 2.05) is 6.92 Å². The Kier molecular flexibility index (Phi) is 4.95. The van der Waals surface area contributed by atoms with Crippen LogP contribution in [0.15, 0.2) is 4.52 Å². The van der Waals surface area contributed by atoms with E-state index in [4.69, 9.17) is 9.26 Å². The van der Waals surface area contributed by atoms with E-state index in [-0.39, 0.29) is 17.2 Å². The van der Waals surface area contributed by atoms with Crippen LogP contribution in [0.25, 0.3) is 0 Å². The lowest BCUT2D eigenvalue weighted by Crippen LogP contribution is -2.53. The molecule has 1 aromatic heterocycles. The molecule has 0 radical (unpaired) electrons. The van der Waals surface area contributed by atoms with Crippen molar-refractivity contribution in [1.82, 2.24) is 15.5 Å². The normalized spacial score (nSPS) is 26.0. The molecule has 1 amide bonds. The summed E-state index contributed by atoms with van der Waals surface area (Å²) in [5.41, 5.74) is -0.540. The number of rotatable bonds is 4. The fraction of sp³-hybridized carbons (Fsp3) is 0.833. The maximum atomic E-state index is 13.1. The molecule has 2 heterocycles. The molecule has 0 spiro atoms. The molecule has 3 rings (SSSR count). The first kappa shape index (κ1) is 17.4. The first-order chi connectivity index (χ1) is 11.5.